The first-order valence-corrected chi connectivity index (χ1v) is 10.3. The zero-order valence-electron chi connectivity index (χ0n) is 16.7. The molecule has 0 aliphatic heterocycles. The van der Waals surface area contributed by atoms with Gasteiger partial charge < -0.3 is 4.52 Å². The number of non-ortho nitro benzene ring substituents is 2. The highest BCUT2D eigenvalue weighted by Crippen LogP contribution is 2.36. The molecule has 3 aromatic carbocycles. The van der Waals surface area contributed by atoms with Crippen LogP contribution in [0.15, 0.2) is 78.9 Å². The van der Waals surface area contributed by atoms with Crippen molar-refractivity contribution in [1.29, 1.82) is 0 Å². The third-order valence-electron chi connectivity index (χ3n) is 3.40. The summed E-state index contributed by atoms with van der Waals surface area (Å²) in [6.45, 7) is 0. The van der Waals surface area contributed by atoms with Gasteiger partial charge in [0.25, 0.3) is 11.4 Å². The van der Waals surface area contributed by atoms with E-state index in [1.807, 2.05) is 0 Å². The van der Waals surface area contributed by atoms with E-state index in [4.69, 9.17) is 9.79 Å². The molecule has 12 nitrogen and oxygen atoms in total. The van der Waals surface area contributed by atoms with E-state index in [9.17, 15) is 34.4 Å². The third kappa shape index (κ3) is 11.1. The van der Waals surface area contributed by atoms with Crippen molar-refractivity contribution in [3.8, 4) is 5.75 Å². The van der Waals surface area contributed by atoms with Gasteiger partial charge >= 0.3 is 7.82 Å². The van der Waals surface area contributed by atoms with Crippen molar-refractivity contribution in [1.82, 2.24) is 0 Å². The molecule has 0 bridgehead atoms. The zero-order chi connectivity index (χ0) is 24.9. The normalized spacial score (nSPS) is 9.76. The van der Waals surface area contributed by atoms with Crippen LogP contribution in [0.5, 0.6) is 5.75 Å². The zero-order valence-corrected chi connectivity index (χ0v) is 17.6. The van der Waals surface area contributed by atoms with Crippen LogP contribution >= 0.6 is 7.82 Å². The predicted octanol–water partition coefficient (Wildman–Crippen LogP) is 3.97. The second-order valence-electron chi connectivity index (χ2n) is 5.83. The molecule has 0 aromatic heterocycles. The Hall–Kier alpha value is -4.25. The van der Waals surface area contributed by atoms with E-state index in [0.717, 1.165) is 0 Å². The highest BCUT2D eigenvalue weighted by Gasteiger charge is 2.14. The number of hydrogen-bond acceptors (Lipinski definition) is 8. The Morgan fingerprint density at radius 2 is 1.15 bits per heavy atom. The largest absolute Gasteiger partial charge is 0.524 e. The fraction of sp³-hybridized carbons (Fsp3) is 0. The van der Waals surface area contributed by atoms with Gasteiger partial charge in [0.15, 0.2) is 0 Å². The Labute approximate surface area is 186 Å². The SMILES string of the molecule is O=Cc1cccc([N+](=O)[O-])c1.O=Cc1cccc([N+](=O)[O-])c1.O=P(O)(O)Oc1ccccc1. The van der Waals surface area contributed by atoms with Crippen LogP contribution in [-0.4, -0.2) is 32.2 Å². The number of carbonyl (C=O) groups excluding carboxylic acids is 2. The van der Waals surface area contributed by atoms with Gasteiger partial charge in [-0.2, -0.15) is 0 Å². The lowest BCUT2D eigenvalue weighted by atomic mass is 10.2. The van der Waals surface area contributed by atoms with Crippen LogP contribution in [0.2, 0.25) is 0 Å². The van der Waals surface area contributed by atoms with Crippen LogP contribution in [0.25, 0.3) is 0 Å². The van der Waals surface area contributed by atoms with Crippen molar-refractivity contribution in [2.24, 2.45) is 0 Å². The lowest BCUT2D eigenvalue weighted by Crippen LogP contribution is -1.88. The number of carbonyl (C=O) groups is 2. The molecule has 33 heavy (non-hydrogen) atoms. The Morgan fingerprint density at radius 1 is 0.727 bits per heavy atom. The van der Waals surface area contributed by atoms with E-state index in [2.05, 4.69) is 4.52 Å². The number of rotatable bonds is 6. The first kappa shape index (κ1) is 26.8. The summed E-state index contributed by atoms with van der Waals surface area (Å²) in [5, 5.41) is 20.3. The van der Waals surface area contributed by atoms with Crippen molar-refractivity contribution in [3.05, 3.63) is 110 Å². The van der Waals surface area contributed by atoms with Crippen molar-refractivity contribution in [3.63, 3.8) is 0 Å². The van der Waals surface area contributed by atoms with E-state index >= 15 is 0 Å². The molecule has 0 aliphatic rings. The summed E-state index contributed by atoms with van der Waals surface area (Å²) in [4.78, 5) is 56.3. The first-order valence-electron chi connectivity index (χ1n) is 8.75. The van der Waals surface area contributed by atoms with Gasteiger partial charge in [-0.25, -0.2) is 4.57 Å². The van der Waals surface area contributed by atoms with Crippen molar-refractivity contribution in [2.45, 2.75) is 0 Å². The molecule has 0 unspecified atom stereocenters. The minimum Gasteiger partial charge on any atom is -0.404 e. The number of aldehydes is 2. The number of phosphoric acid groups is 1. The highest BCUT2D eigenvalue weighted by atomic mass is 31.2. The van der Waals surface area contributed by atoms with Crippen molar-refractivity contribution < 1.29 is 38.3 Å². The molecule has 172 valence electrons. The molecule has 0 spiro atoms. The van der Waals surface area contributed by atoms with Crippen molar-refractivity contribution >= 4 is 31.8 Å². The van der Waals surface area contributed by atoms with E-state index in [-0.39, 0.29) is 17.1 Å². The predicted molar refractivity (Wildman–Crippen MR) is 116 cm³/mol. The summed E-state index contributed by atoms with van der Waals surface area (Å²) in [7, 11) is -4.39. The quantitative estimate of drug-likeness (QED) is 0.228. The third-order valence-corrected chi connectivity index (χ3v) is 3.85. The molecule has 2 N–H and O–H groups in total. The Bertz CT molecular complexity index is 1090. The summed E-state index contributed by atoms with van der Waals surface area (Å²) >= 11 is 0. The number of nitro groups is 2. The molecule has 0 amide bonds. The lowest BCUT2D eigenvalue weighted by Gasteiger charge is -2.04. The summed E-state index contributed by atoms with van der Waals surface area (Å²) in [6.07, 6.45) is 1.15. The summed E-state index contributed by atoms with van der Waals surface area (Å²) in [6, 6.07) is 19.0. The average Bonchev–Trinajstić information content (AvgIpc) is 2.79. The maximum absolute atomic E-state index is 10.3. The van der Waals surface area contributed by atoms with Gasteiger partial charge in [0, 0.05) is 35.4 Å². The fourth-order valence-corrected chi connectivity index (χ4v) is 2.44. The van der Waals surface area contributed by atoms with Gasteiger partial charge in [-0.1, -0.05) is 42.5 Å². The molecule has 0 saturated heterocycles. The highest BCUT2D eigenvalue weighted by molar-refractivity contribution is 7.46. The van der Waals surface area contributed by atoms with Crippen LogP contribution in [0.1, 0.15) is 20.7 Å². The minimum absolute atomic E-state index is 0.0606. The van der Waals surface area contributed by atoms with Gasteiger partial charge in [0.1, 0.15) is 18.3 Å². The smallest absolute Gasteiger partial charge is 0.404 e. The molecule has 0 aliphatic carbocycles. The molecule has 3 aromatic rings. The standard InChI is InChI=1S/2C7H5NO3.C6H7O4P/c2*9-5-6-2-1-3-7(4-6)8(10)11;7-11(8,9)10-6-4-2-1-3-5-6/h2*1-5H;1-5H,(H2,7,8,9). The number of para-hydroxylation sites is 1. The number of nitro benzene ring substituents is 2. The molecule has 0 saturated carbocycles. The molecular formula is C20H17N2O10P. The second kappa shape index (κ2) is 13.2. The summed E-state index contributed by atoms with van der Waals surface area (Å²) in [5.41, 5.74) is 0.516. The maximum Gasteiger partial charge on any atom is 0.524 e. The fourth-order valence-electron chi connectivity index (χ4n) is 2.04. The van der Waals surface area contributed by atoms with E-state index in [0.29, 0.717) is 23.7 Å². The van der Waals surface area contributed by atoms with E-state index in [1.165, 1.54) is 60.7 Å². The molecule has 0 heterocycles. The van der Waals surface area contributed by atoms with E-state index in [1.54, 1.807) is 18.2 Å². The van der Waals surface area contributed by atoms with E-state index < -0.39 is 17.7 Å². The van der Waals surface area contributed by atoms with Crippen LogP contribution in [0, 0.1) is 20.2 Å². The molecule has 0 fully saturated rings. The monoisotopic (exact) mass is 476 g/mol. The molecule has 0 radical (unpaired) electrons. The molecular weight excluding hydrogens is 459 g/mol. The van der Waals surface area contributed by atoms with Gasteiger partial charge in [-0.05, 0) is 12.1 Å². The molecule has 13 heteroatoms. The Balaban J connectivity index is 0.000000247. The summed E-state index contributed by atoms with van der Waals surface area (Å²) in [5.74, 6) is 0.167. The van der Waals surface area contributed by atoms with Crippen molar-refractivity contribution in [2.75, 3.05) is 0 Å². The number of phosphoric ester groups is 1. The second-order valence-corrected chi connectivity index (χ2v) is 7.00. The molecule has 0 atom stereocenters. The Morgan fingerprint density at radius 3 is 1.48 bits per heavy atom. The van der Waals surface area contributed by atoms with Gasteiger partial charge in [0.05, 0.1) is 9.85 Å². The maximum atomic E-state index is 10.3. The lowest BCUT2D eigenvalue weighted by molar-refractivity contribution is -0.385. The number of benzene rings is 3. The van der Waals surface area contributed by atoms with Gasteiger partial charge in [-0.3, -0.25) is 39.6 Å². The van der Waals surface area contributed by atoms with Crippen LogP contribution in [-0.2, 0) is 4.57 Å². The topological polar surface area (TPSA) is 187 Å². The number of hydrogen-bond donors (Lipinski definition) is 2. The van der Waals surface area contributed by atoms with Crippen LogP contribution < -0.4 is 4.52 Å². The van der Waals surface area contributed by atoms with Crippen LogP contribution in [0.4, 0.5) is 11.4 Å². The van der Waals surface area contributed by atoms with Gasteiger partial charge in [-0.15, -0.1) is 0 Å². The Kier molecular flexibility index (Phi) is 10.7. The minimum atomic E-state index is -4.39. The average molecular weight is 476 g/mol. The van der Waals surface area contributed by atoms with Crippen LogP contribution in [0.3, 0.4) is 0 Å². The first-order chi connectivity index (χ1) is 15.6. The summed E-state index contributed by atoms with van der Waals surface area (Å²) < 4.78 is 14.5. The number of nitrogens with zero attached hydrogens (tertiary/aromatic N) is 2. The van der Waals surface area contributed by atoms with Gasteiger partial charge in [0.2, 0.25) is 0 Å². The molecule has 3 rings (SSSR count).